The summed E-state index contributed by atoms with van der Waals surface area (Å²) in [4.78, 5) is 4.30. The Labute approximate surface area is 125 Å². The molecule has 0 spiro atoms. The molecule has 100 valence electrons. The van der Waals surface area contributed by atoms with Crippen molar-refractivity contribution in [1.82, 2.24) is 4.98 Å². The van der Waals surface area contributed by atoms with Crippen LogP contribution >= 0.6 is 15.9 Å². The second-order valence-corrected chi connectivity index (χ2v) is 5.42. The SMILES string of the molecule is Nc1cc(Br)ccc1OCc1ccc2ncccc2c1. The van der Waals surface area contributed by atoms with Crippen LogP contribution in [-0.4, -0.2) is 4.98 Å². The standard InChI is InChI=1S/C16H13BrN2O/c17-13-4-6-16(14(18)9-13)20-10-11-3-5-15-12(8-11)2-1-7-19-15/h1-9H,10,18H2. The molecule has 0 atom stereocenters. The Morgan fingerprint density at radius 3 is 2.85 bits per heavy atom. The topological polar surface area (TPSA) is 48.1 Å². The minimum absolute atomic E-state index is 0.483. The van der Waals surface area contributed by atoms with Gasteiger partial charge in [0.05, 0.1) is 11.2 Å². The Morgan fingerprint density at radius 1 is 1.10 bits per heavy atom. The van der Waals surface area contributed by atoms with Gasteiger partial charge in [-0.15, -0.1) is 0 Å². The summed E-state index contributed by atoms with van der Waals surface area (Å²) in [6.07, 6.45) is 1.79. The van der Waals surface area contributed by atoms with Crippen molar-refractivity contribution in [3.05, 3.63) is 64.8 Å². The third-order valence-electron chi connectivity index (χ3n) is 3.03. The number of benzene rings is 2. The summed E-state index contributed by atoms with van der Waals surface area (Å²) in [6, 6.07) is 15.7. The fraction of sp³-hybridized carbons (Fsp3) is 0.0625. The molecule has 2 N–H and O–H groups in total. The number of anilines is 1. The van der Waals surface area contributed by atoms with Gasteiger partial charge in [0.2, 0.25) is 0 Å². The van der Waals surface area contributed by atoms with Crippen molar-refractivity contribution in [3.8, 4) is 5.75 Å². The van der Waals surface area contributed by atoms with Crippen molar-refractivity contribution in [2.45, 2.75) is 6.61 Å². The smallest absolute Gasteiger partial charge is 0.142 e. The average molecular weight is 329 g/mol. The van der Waals surface area contributed by atoms with Crippen molar-refractivity contribution in [2.24, 2.45) is 0 Å². The van der Waals surface area contributed by atoms with E-state index in [1.54, 1.807) is 6.20 Å². The Morgan fingerprint density at radius 2 is 2.00 bits per heavy atom. The largest absolute Gasteiger partial charge is 0.487 e. The zero-order chi connectivity index (χ0) is 13.9. The molecule has 0 amide bonds. The molecule has 3 rings (SSSR count). The lowest BCUT2D eigenvalue weighted by molar-refractivity contribution is 0.308. The van der Waals surface area contributed by atoms with Crippen molar-refractivity contribution < 1.29 is 4.74 Å². The second-order valence-electron chi connectivity index (χ2n) is 4.50. The summed E-state index contributed by atoms with van der Waals surface area (Å²) in [7, 11) is 0. The number of nitrogen functional groups attached to an aromatic ring is 1. The maximum atomic E-state index is 5.91. The number of fused-ring (bicyclic) bond motifs is 1. The number of nitrogens with zero attached hydrogens (tertiary/aromatic N) is 1. The molecule has 0 saturated carbocycles. The minimum Gasteiger partial charge on any atom is -0.487 e. The number of aromatic nitrogens is 1. The van der Waals surface area contributed by atoms with Gasteiger partial charge in [0.25, 0.3) is 0 Å². The third-order valence-corrected chi connectivity index (χ3v) is 3.53. The van der Waals surface area contributed by atoms with Gasteiger partial charge in [0, 0.05) is 16.1 Å². The van der Waals surface area contributed by atoms with Crippen LogP contribution in [0.4, 0.5) is 5.69 Å². The second kappa shape index (κ2) is 5.51. The lowest BCUT2D eigenvalue weighted by Crippen LogP contribution is -1.98. The van der Waals surface area contributed by atoms with E-state index in [-0.39, 0.29) is 0 Å². The van der Waals surface area contributed by atoms with E-state index in [0.29, 0.717) is 18.0 Å². The molecule has 0 fully saturated rings. The van der Waals surface area contributed by atoms with Gasteiger partial charge in [-0.05, 0) is 42.0 Å². The van der Waals surface area contributed by atoms with E-state index >= 15 is 0 Å². The molecule has 0 bridgehead atoms. The summed E-state index contributed by atoms with van der Waals surface area (Å²) in [6.45, 7) is 0.483. The first-order valence-corrected chi connectivity index (χ1v) is 7.03. The summed E-state index contributed by atoms with van der Waals surface area (Å²) in [5, 5.41) is 1.11. The van der Waals surface area contributed by atoms with Crippen molar-refractivity contribution >= 4 is 32.5 Å². The van der Waals surface area contributed by atoms with Crippen LogP contribution in [0, 0.1) is 0 Å². The molecule has 0 aliphatic carbocycles. The number of hydrogen-bond acceptors (Lipinski definition) is 3. The Balaban J connectivity index is 1.79. The molecule has 0 radical (unpaired) electrons. The van der Waals surface area contributed by atoms with Gasteiger partial charge < -0.3 is 10.5 Å². The highest BCUT2D eigenvalue weighted by Gasteiger charge is 2.02. The highest BCUT2D eigenvalue weighted by Crippen LogP contribution is 2.26. The lowest BCUT2D eigenvalue weighted by atomic mass is 10.1. The fourth-order valence-corrected chi connectivity index (χ4v) is 2.41. The van der Waals surface area contributed by atoms with Gasteiger partial charge >= 0.3 is 0 Å². The maximum Gasteiger partial charge on any atom is 0.142 e. The number of ether oxygens (including phenoxy) is 1. The number of pyridine rings is 1. The zero-order valence-corrected chi connectivity index (χ0v) is 12.3. The van der Waals surface area contributed by atoms with Crippen LogP contribution < -0.4 is 10.5 Å². The number of nitrogens with two attached hydrogens (primary N) is 1. The van der Waals surface area contributed by atoms with E-state index in [4.69, 9.17) is 10.5 Å². The molecule has 1 heterocycles. The average Bonchev–Trinajstić information content (AvgIpc) is 2.46. The quantitative estimate of drug-likeness (QED) is 0.734. The maximum absolute atomic E-state index is 5.91. The highest BCUT2D eigenvalue weighted by atomic mass is 79.9. The Kier molecular flexibility index (Phi) is 3.56. The van der Waals surface area contributed by atoms with E-state index in [9.17, 15) is 0 Å². The van der Waals surface area contributed by atoms with Gasteiger partial charge in [-0.25, -0.2) is 0 Å². The first-order chi connectivity index (χ1) is 9.72. The summed E-state index contributed by atoms with van der Waals surface area (Å²) >= 11 is 3.38. The van der Waals surface area contributed by atoms with Gasteiger partial charge in [0.15, 0.2) is 0 Å². The molecule has 3 nitrogen and oxygen atoms in total. The third kappa shape index (κ3) is 2.75. The van der Waals surface area contributed by atoms with Crippen LogP contribution in [0.25, 0.3) is 10.9 Å². The van der Waals surface area contributed by atoms with Gasteiger partial charge in [-0.2, -0.15) is 0 Å². The van der Waals surface area contributed by atoms with Gasteiger partial charge in [-0.1, -0.05) is 28.1 Å². The predicted molar refractivity (Wildman–Crippen MR) is 84.6 cm³/mol. The van der Waals surface area contributed by atoms with Crippen LogP contribution in [0.2, 0.25) is 0 Å². The molecule has 0 unspecified atom stereocenters. The first-order valence-electron chi connectivity index (χ1n) is 6.24. The molecular formula is C16H13BrN2O. The molecular weight excluding hydrogens is 316 g/mol. The molecule has 1 aromatic heterocycles. The van der Waals surface area contributed by atoms with E-state index in [1.807, 2.05) is 42.5 Å². The zero-order valence-electron chi connectivity index (χ0n) is 10.7. The lowest BCUT2D eigenvalue weighted by Gasteiger charge is -2.09. The monoisotopic (exact) mass is 328 g/mol. The number of halogens is 1. The Hall–Kier alpha value is -2.07. The van der Waals surface area contributed by atoms with Gasteiger partial charge in [-0.3, -0.25) is 4.98 Å². The molecule has 3 aromatic rings. The fourth-order valence-electron chi connectivity index (χ4n) is 2.03. The summed E-state index contributed by atoms with van der Waals surface area (Å²) < 4.78 is 6.70. The van der Waals surface area contributed by atoms with Crippen molar-refractivity contribution in [3.63, 3.8) is 0 Å². The van der Waals surface area contributed by atoms with E-state index in [2.05, 4.69) is 27.0 Å². The number of rotatable bonds is 3. The van der Waals surface area contributed by atoms with Crippen LogP contribution in [0.15, 0.2) is 59.2 Å². The highest BCUT2D eigenvalue weighted by molar-refractivity contribution is 9.10. The van der Waals surface area contributed by atoms with Crippen LogP contribution in [0.5, 0.6) is 5.75 Å². The molecule has 4 heteroatoms. The predicted octanol–water partition coefficient (Wildman–Crippen LogP) is 4.16. The van der Waals surface area contributed by atoms with E-state index in [1.165, 1.54) is 0 Å². The van der Waals surface area contributed by atoms with Crippen molar-refractivity contribution in [2.75, 3.05) is 5.73 Å². The Bertz CT molecular complexity index is 758. The van der Waals surface area contributed by atoms with E-state index in [0.717, 1.165) is 20.9 Å². The van der Waals surface area contributed by atoms with Crippen LogP contribution in [0.3, 0.4) is 0 Å². The van der Waals surface area contributed by atoms with Crippen LogP contribution in [-0.2, 0) is 6.61 Å². The number of hydrogen-bond donors (Lipinski definition) is 1. The molecule has 20 heavy (non-hydrogen) atoms. The summed E-state index contributed by atoms with van der Waals surface area (Å²) in [5.41, 5.74) is 8.61. The molecule has 0 aliphatic heterocycles. The molecule has 2 aromatic carbocycles. The minimum atomic E-state index is 0.483. The normalized spacial score (nSPS) is 10.7. The first kappa shape index (κ1) is 12.9. The summed E-state index contributed by atoms with van der Waals surface area (Å²) in [5.74, 6) is 0.694. The van der Waals surface area contributed by atoms with Gasteiger partial charge in [0.1, 0.15) is 12.4 Å². The van der Waals surface area contributed by atoms with Crippen molar-refractivity contribution in [1.29, 1.82) is 0 Å². The van der Waals surface area contributed by atoms with E-state index < -0.39 is 0 Å². The van der Waals surface area contributed by atoms with Crippen LogP contribution in [0.1, 0.15) is 5.56 Å². The molecule has 0 aliphatic rings. The molecule has 0 saturated heterocycles.